The number of aryl methyl sites for hydroxylation is 1. The van der Waals surface area contributed by atoms with Crippen LogP contribution in [0.4, 0.5) is 0 Å². The van der Waals surface area contributed by atoms with E-state index < -0.39 is 0 Å². The Morgan fingerprint density at radius 1 is 1.11 bits per heavy atom. The summed E-state index contributed by atoms with van der Waals surface area (Å²) < 4.78 is 0. The van der Waals surface area contributed by atoms with Crippen LogP contribution in [0, 0.1) is 0 Å². The Morgan fingerprint density at radius 2 is 1.84 bits per heavy atom. The largest absolute Gasteiger partial charge is 0.308 e. The molecule has 2 rings (SSSR count). The van der Waals surface area contributed by atoms with E-state index in [1.165, 1.54) is 15.3 Å². The van der Waals surface area contributed by atoms with Crippen LogP contribution in [-0.2, 0) is 19.4 Å². The van der Waals surface area contributed by atoms with Crippen molar-refractivity contribution < 1.29 is 0 Å². The monoisotopic (exact) mass is 293 g/mol. The topological polar surface area (TPSA) is 12.0 Å². The van der Waals surface area contributed by atoms with Crippen molar-refractivity contribution in [3.05, 3.63) is 57.8 Å². The fourth-order valence-electron chi connectivity index (χ4n) is 2.03. The molecule has 2 aromatic rings. The molecular formula is C16H20ClNS. The Morgan fingerprint density at radius 3 is 2.47 bits per heavy atom. The molecule has 0 fully saturated rings. The van der Waals surface area contributed by atoms with Gasteiger partial charge in [-0.05, 0) is 30.5 Å². The van der Waals surface area contributed by atoms with Gasteiger partial charge < -0.3 is 5.32 Å². The first-order valence-electron chi connectivity index (χ1n) is 6.72. The van der Waals surface area contributed by atoms with Gasteiger partial charge in [0.2, 0.25) is 0 Å². The van der Waals surface area contributed by atoms with Crippen molar-refractivity contribution >= 4 is 22.9 Å². The molecule has 0 spiro atoms. The smallest absolute Gasteiger partial charge is 0.0380 e. The highest BCUT2D eigenvalue weighted by Gasteiger charge is 2.08. The van der Waals surface area contributed by atoms with Gasteiger partial charge in [0.25, 0.3) is 0 Å². The molecule has 102 valence electrons. The van der Waals surface area contributed by atoms with Crippen LogP contribution in [0.1, 0.15) is 22.2 Å². The number of rotatable bonds is 7. The fraction of sp³-hybridized carbons (Fsp3) is 0.375. The summed E-state index contributed by atoms with van der Waals surface area (Å²) in [5.74, 6) is 0.640. The van der Waals surface area contributed by atoms with Gasteiger partial charge in [0.05, 0.1) is 0 Å². The van der Waals surface area contributed by atoms with E-state index in [0.717, 1.165) is 19.4 Å². The van der Waals surface area contributed by atoms with Gasteiger partial charge in [0, 0.05) is 28.2 Å². The SMILES string of the molecule is CCc1ccc(CNC(CCl)Cc2ccccc2)s1. The predicted molar refractivity (Wildman–Crippen MR) is 85.2 cm³/mol. The van der Waals surface area contributed by atoms with Crippen molar-refractivity contribution in [2.45, 2.75) is 32.4 Å². The predicted octanol–water partition coefficient (Wildman–Crippen LogP) is 4.25. The molecule has 1 N–H and O–H groups in total. The lowest BCUT2D eigenvalue weighted by Gasteiger charge is -2.15. The Bertz CT molecular complexity index is 481. The highest BCUT2D eigenvalue weighted by atomic mass is 35.5. The number of halogens is 1. The van der Waals surface area contributed by atoms with Gasteiger partial charge in [-0.2, -0.15) is 0 Å². The van der Waals surface area contributed by atoms with E-state index in [0.29, 0.717) is 11.9 Å². The Labute approximate surface area is 124 Å². The van der Waals surface area contributed by atoms with Gasteiger partial charge in [-0.1, -0.05) is 37.3 Å². The molecule has 19 heavy (non-hydrogen) atoms. The van der Waals surface area contributed by atoms with Gasteiger partial charge in [0.15, 0.2) is 0 Å². The van der Waals surface area contributed by atoms with Crippen LogP contribution >= 0.6 is 22.9 Å². The zero-order valence-electron chi connectivity index (χ0n) is 11.2. The molecule has 0 amide bonds. The van der Waals surface area contributed by atoms with Gasteiger partial charge in [0.1, 0.15) is 0 Å². The van der Waals surface area contributed by atoms with Crippen molar-refractivity contribution in [2.75, 3.05) is 5.88 Å². The van der Waals surface area contributed by atoms with Crippen molar-refractivity contribution in [1.82, 2.24) is 5.32 Å². The van der Waals surface area contributed by atoms with E-state index in [1.54, 1.807) is 0 Å². The second-order valence-corrected chi connectivity index (χ2v) is 6.20. The van der Waals surface area contributed by atoms with Crippen molar-refractivity contribution in [3.8, 4) is 0 Å². The number of thiophene rings is 1. The van der Waals surface area contributed by atoms with Crippen LogP contribution in [-0.4, -0.2) is 11.9 Å². The molecule has 1 heterocycles. The van der Waals surface area contributed by atoms with E-state index >= 15 is 0 Å². The zero-order valence-corrected chi connectivity index (χ0v) is 12.8. The van der Waals surface area contributed by atoms with Crippen LogP contribution in [0.25, 0.3) is 0 Å². The summed E-state index contributed by atoms with van der Waals surface area (Å²) in [5, 5.41) is 3.55. The first kappa shape index (κ1) is 14.6. The molecule has 0 aliphatic carbocycles. The maximum absolute atomic E-state index is 6.06. The van der Waals surface area contributed by atoms with Crippen LogP contribution in [0.2, 0.25) is 0 Å². The first-order chi connectivity index (χ1) is 9.31. The standard InChI is InChI=1S/C16H20ClNS/c1-2-15-8-9-16(19-15)12-18-14(11-17)10-13-6-4-3-5-7-13/h3-9,14,18H,2,10-12H2,1H3. The molecule has 0 aliphatic rings. The summed E-state index contributed by atoms with van der Waals surface area (Å²) >= 11 is 7.94. The molecule has 0 saturated carbocycles. The third-order valence-electron chi connectivity index (χ3n) is 3.14. The first-order valence-corrected chi connectivity index (χ1v) is 8.07. The van der Waals surface area contributed by atoms with Crippen LogP contribution in [0.3, 0.4) is 0 Å². The van der Waals surface area contributed by atoms with Crippen LogP contribution in [0.5, 0.6) is 0 Å². The van der Waals surface area contributed by atoms with Gasteiger partial charge in [-0.3, -0.25) is 0 Å². The highest BCUT2D eigenvalue weighted by Crippen LogP contribution is 2.17. The lowest BCUT2D eigenvalue weighted by molar-refractivity contribution is 0.553. The average molecular weight is 294 g/mol. The minimum Gasteiger partial charge on any atom is -0.308 e. The maximum Gasteiger partial charge on any atom is 0.0380 e. The molecule has 1 unspecified atom stereocenters. The maximum atomic E-state index is 6.06. The van der Waals surface area contributed by atoms with Crippen molar-refractivity contribution in [1.29, 1.82) is 0 Å². The number of nitrogens with one attached hydrogen (secondary N) is 1. The average Bonchev–Trinajstić information content (AvgIpc) is 2.92. The van der Waals surface area contributed by atoms with E-state index in [-0.39, 0.29) is 0 Å². The minimum absolute atomic E-state index is 0.330. The normalized spacial score (nSPS) is 12.5. The molecule has 3 heteroatoms. The molecule has 0 radical (unpaired) electrons. The lowest BCUT2D eigenvalue weighted by Crippen LogP contribution is -2.32. The number of hydrogen-bond acceptors (Lipinski definition) is 2. The van der Waals surface area contributed by atoms with Gasteiger partial charge >= 0.3 is 0 Å². The summed E-state index contributed by atoms with van der Waals surface area (Å²) in [4.78, 5) is 2.84. The summed E-state index contributed by atoms with van der Waals surface area (Å²) in [5.41, 5.74) is 1.33. The number of hydrogen-bond donors (Lipinski definition) is 1. The van der Waals surface area contributed by atoms with E-state index in [4.69, 9.17) is 11.6 Å². The molecule has 0 bridgehead atoms. The third kappa shape index (κ3) is 4.64. The Hall–Kier alpha value is -0.830. The van der Waals surface area contributed by atoms with Gasteiger partial charge in [-0.25, -0.2) is 0 Å². The summed E-state index contributed by atoms with van der Waals surface area (Å²) in [6, 6.07) is 15.3. The summed E-state index contributed by atoms with van der Waals surface area (Å²) in [6.45, 7) is 3.11. The quantitative estimate of drug-likeness (QED) is 0.753. The summed E-state index contributed by atoms with van der Waals surface area (Å²) in [7, 11) is 0. The fourth-order valence-corrected chi connectivity index (χ4v) is 3.16. The van der Waals surface area contributed by atoms with E-state index in [9.17, 15) is 0 Å². The summed E-state index contributed by atoms with van der Waals surface area (Å²) in [6.07, 6.45) is 2.10. The Kier molecular flexibility index (Phi) is 5.90. The molecular weight excluding hydrogens is 274 g/mol. The van der Waals surface area contributed by atoms with Crippen molar-refractivity contribution in [2.24, 2.45) is 0 Å². The molecule has 1 atom stereocenters. The molecule has 1 aromatic carbocycles. The molecule has 1 aromatic heterocycles. The Balaban J connectivity index is 1.85. The van der Waals surface area contributed by atoms with Crippen molar-refractivity contribution in [3.63, 3.8) is 0 Å². The third-order valence-corrected chi connectivity index (χ3v) is 4.74. The lowest BCUT2D eigenvalue weighted by atomic mass is 10.1. The van der Waals surface area contributed by atoms with Crippen LogP contribution < -0.4 is 5.32 Å². The highest BCUT2D eigenvalue weighted by molar-refractivity contribution is 7.11. The molecule has 0 saturated heterocycles. The zero-order chi connectivity index (χ0) is 13.5. The van der Waals surface area contributed by atoms with Crippen LogP contribution in [0.15, 0.2) is 42.5 Å². The number of benzene rings is 1. The molecule has 0 aliphatic heterocycles. The van der Waals surface area contributed by atoms with Gasteiger partial charge in [-0.15, -0.1) is 22.9 Å². The second kappa shape index (κ2) is 7.68. The minimum atomic E-state index is 0.330. The molecule has 1 nitrogen and oxygen atoms in total. The van der Waals surface area contributed by atoms with E-state index in [2.05, 4.69) is 48.6 Å². The second-order valence-electron chi connectivity index (χ2n) is 4.64. The number of alkyl halides is 1. The van der Waals surface area contributed by atoms with E-state index in [1.807, 2.05) is 17.4 Å².